The van der Waals surface area contributed by atoms with Crippen molar-refractivity contribution in [1.82, 2.24) is 0 Å². The molecule has 0 saturated carbocycles. The van der Waals surface area contributed by atoms with Crippen LogP contribution < -0.4 is 0 Å². The van der Waals surface area contributed by atoms with Gasteiger partial charge in [-0.2, -0.15) is 0 Å². The molecule has 7 heteroatoms. The Morgan fingerprint density at radius 3 is 1.57 bits per heavy atom. The molecule has 0 aromatic heterocycles. The van der Waals surface area contributed by atoms with Crippen LogP contribution in [0.15, 0.2) is 30.3 Å². The second kappa shape index (κ2) is 5.28. The lowest BCUT2D eigenvalue weighted by atomic mass is 9.98. The molecule has 0 amide bonds. The van der Waals surface area contributed by atoms with Crippen LogP contribution in [0.2, 0.25) is 0 Å². The Morgan fingerprint density at radius 1 is 0.762 bits per heavy atom. The molecule has 0 fully saturated rings. The Bertz CT molecular complexity index is 701. The smallest absolute Gasteiger partial charge is 0.335 e. The number of hydrogen-bond donors (Lipinski definition) is 2. The van der Waals surface area contributed by atoms with Gasteiger partial charge in [-0.05, 0) is 23.8 Å². The third-order valence-electron chi connectivity index (χ3n) is 2.72. The Morgan fingerprint density at radius 2 is 1.19 bits per heavy atom. The molecule has 2 N–H and O–H groups in total. The van der Waals surface area contributed by atoms with Crippen molar-refractivity contribution in [3.8, 4) is 11.1 Å². The van der Waals surface area contributed by atoms with Crippen LogP contribution in [0, 0.1) is 17.5 Å². The summed E-state index contributed by atoms with van der Waals surface area (Å²) in [6.07, 6.45) is 0. The van der Waals surface area contributed by atoms with Crippen molar-refractivity contribution >= 4 is 11.9 Å². The van der Waals surface area contributed by atoms with Crippen molar-refractivity contribution in [2.75, 3.05) is 0 Å². The summed E-state index contributed by atoms with van der Waals surface area (Å²) in [5.74, 6) is -6.57. The molecule has 2 aromatic carbocycles. The second-order valence-electron chi connectivity index (χ2n) is 4.15. The number of rotatable bonds is 3. The summed E-state index contributed by atoms with van der Waals surface area (Å²) in [4.78, 5) is 21.9. The first kappa shape index (κ1) is 14.6. The fraction of sp³-hybridized carbons (Fsp3) is 0. The molecule has 0 aliphatic heterocycles. The first-order valence-electron chi connectivity index (χ1n) is 5.56. The van der Waals surface area contributed by atoms with Gasteiger partial charge in [0.1, 0.15) is 17.5 Å². The van der Waals surface area contributed by atoms with Crippen molar-refractivity contribution in [2.45, 2.75) is 0 Å². The zero-order valence-electron chi connectivity index (χ0n) is 10.2. The van der Waals surface area contributed by atoms with Crippen LogP contribution in [-0.2, 0) is 0 Å². The normalized spacial score (nSPS) is 10.4. The molecule has 0 spiro atoms. The second-order valence-corrected chi connectivity index (χ2v) is 4.15. The van der Waals surface area contributed by atoms with Gasteiger partial charge in [0.15, 0.2) is 0 Å². The largest absolute Gasteiger partial charge is 0.478 e. The molecule has 108 valence electrons. The van der Waals surface area contributed by atoms with E-state index in [2.05, 4.69) is 0 Å². The maximum absolute atomic E-state index is 13.7. The summed E-state index contributed by atoms with van der Waals surface area (Å²) < 4.78 is 40.2. The molecule has 0 aliphatic carbocycles. The minimum atomic E-state index is -1.46. The Labute approximate surface area is 116 Å². The van der Waals surface area contributed by atoms with Gasteiger partial charge in [0, 0.05) is 12.1 Å². The van der Waals surface area contributed by atoms with Crippen LogP contribution in [0.3, 0.4) is 0 Å². The Hall–Kier alpha value is -2.83. The zero-order chi connectivity index (χ0) is 15.7. The highest BCUT2D eigenvalue weighted by Crippen LogP contribution is 2.29. The van der Waals surface area contributed by atoms with Crippen molar-refractivity contribution in [3.63, 3.8) is 0 Å². The summed E-state index contributed by atoms with van der Waals surface area (Å²) in [6, 6.07) is 3.52. The molecule has 0 unspecified atom stereocenters. The lowest BCUT2D eigenvalue weighted by Gasteiger charge is -2.08. The fourth-order valence-electron chi connectivity index (χ4n) is 1.84. The number of hydrogen-bond acceptors (Lipinski definition) is 2. The summed E-state index contributed by atoms with van der Waals surface area (Å²) in [7, 11) is 0. The molecule has 0 saturated heterocycles. The van der Waals surface area contributed by atoms with Crippen molar-refractivity contribution < 1.29 is 33.0 Å². The van der Waals surface area contributed by atoms with E-state index in [0.29, 0.717) is 12.1 Å². The number of carboxylic acids is 2. The van der Waals surface area contributed by atoms with Gasteiger partial charge in [-0.25, -0.2) is 22.8 Å². The number of aromatic carboxylic acids is 2. The van der Waals surface area contributed by atoms with Crippen molar-refractivity contribution in [1.29, 1.82) is 0 Å². The molecule has 0 atom stereocenters. The lowest BCUT2D eigenvalue weighted by Crippen LogP contribution is -2.04. The van der Waals surface area contributed by atoms with Gasteiger partial charge >= 0.3 is 11.9 Å². The molecule has 2 rings (SSSR count). The summed E-state index contributed by atoms with van der Waals surface area (Å²) in [5.41, 5.74) is -1.90. The standard InChI is InChI=1S/C14H7F3O4/c15-9-4-10(16)12(11(17)5-9)6-1-7(13(18)19)3-8(2-6)14(20)21/h1-5H,(H,18,19)(H,20,21). The van der Waals surface area contributed by atoms with Crippen LogP contribution in [0.25, 0.3) is 11.1 Å². The Balaban J connectivity index is 2.75. The molecule has 4 nitrogen and oxygen atoms in total. The van der Waals surface area contributed by atoms with Gasteiger partial charge in [-0.1, -0.05) is 0 Å². The molecule has 0 radical (unpaired) electrons. The predicted octanol–water partition coefficient (Wildman–Crippen LogP) is 3.17. The van der Waals surface area contributed by atoms with Crippen LogP contribution in [0.4, 0.5) is 13.2 Å². The van der Waals surface area contributed by atoms with E-state index in [-0.39, 0.29) is 5.56 Å². The first-order valence-corrected chi connectivity index (χ1v) is 5.56. The van der Waals surface area contributed by atoms with E-state index >= 15 is 0 Å². The van der Waals surface area contributed by atoms with Crippen molar-refractivity contribution in [2.24, 2.45) is 0 Å². The molecule has 0 bridgehead atoms. The number of benzene rings is 2. The van der Waals surface area contributed by atoms with E-state index in [9.17, 15) is 22.8 Å². The summed E-state index contributed by atoms with van der Waals surface area (Å²) in [6.45, 7) is 0. The van der Waals surface area contributed by atoms with Crippen LogP contribution >= 0.6 is 0 Å². The third kappa shape index (κ3) is 2.86. The molecule has 21 heavy (non-hydrogen) atoms. The van der Waals surface area contributed by atoms with Gasteiger partial charge < -0.3 is 10.2 Å². The van der Waals surface area contributed by atoms with Gasteiger partial charge in [-0.15, -0.1) is 0 Å². The average molecular weight is 296 g/mol. The van der Waals surface area contributed by atoms with Gasteiger partial charge in [0.25, 0.3) is 0 Å². The van der Waals surface area contributed by atoms with Crippen LogP contribution in [0.5, 0.6) is 0 Å². The summed E-state index contributed by atoms with van der Waals surface area (Å²) >= 11 is 0. The van der Waals surface area contributed by atoms with Crippen LogP contribution in [-0.4, -0.2) is 22.2 Å². The van der Waals surface area contributed by atoms with Gasteiger partial charge in [0.2, 0.25) is 0 Å². The van der Waals surface area contributed by atoms with E-state index in [4.69, 9.17) is 10.2 Å². The van der Waals surface area contributed by atoms with Gasteiger partial charge in [-0.3, -0.25) is 0 Å². The maximum atomic E-state index is 13.7. The zero-order valence-corrected chi connectivity index (χ0v) is 10.2. The molecular weight excluding hydrogens is 289 g/mol. The quantitative estimate of drug-likeness (QED) is 0.912. The van der Waals surface area contributed by atoms with E-state index in [1.165, 1.54) is 0 Å². The third-order valence-corrected chi connectivity index (χ3v) is 2.72. The minimum absolute atomic E-state index is 0.303. The number of carboxylic acid groups (broad SMARTS) is 2. The van der Waals surface area contributed by atoms with E-state index in [1.54, 1.807) is 0 Å². The number of carbonyl (C=O) groups is 2. The molecule has 0 aliphatic rings. The van der Waals surface area contributed by atoms with E-state index in [0.717, 1.165) is 18.2 Å². The molecule has 0 heterocycles. The van der Waals surface area contributed by atoms with E-state index < -0.39 is 46.1 Å². The van der Waals surface area contributed by atoms with Crippen molar-refractivity contribution in [3.05, 3.63) is 58.9 Å². The highest BCUT2D eigenvalue weighted by molar-refractivity contribution is 5.96. The lowest BCUT2D eigenvalue weighted by molar-refractivity contribution is 0.0696. The maximum Gasteiger partial charge on any atom is 0.335 e. The highest BCUT2D eigenvalue weighted by Gasteiger charge is 2.18. The van der Waals surface area contributed by atoms with E-state index in [1.807, 2.05) is 0 Å². The molecule has 2 aromatic rings. The molecular formula is C14H7F3O4. The highest BCUT2D eigenvalue weighted by atomic mass is 19.1. The minimum Gasteiger partial charge on any atom is -0.478 e. The topological polar surface area (TPSA) is 74.6 Å². The number of halogens is 3. The summed E-state index contributed by atoms with van der Waals surface area (Å²) in [5, 5.41) is 17.8. The predicted molar refractivity (Wildman–Crippen MR) is 65.7 cm³/mol. The first-order chi connectivity index (χ1) is 9.79. The Kier molecular flexibility index (Phi) is 3.66. The average Bonchev–Trinajstić information content (AvgIpc) is 2.36. The SMILES string of the molecule is O=C(O)c1cc(C(=O)O)cc(-c2c(F)cc(F)cc2F)c1. The van der Waals surface area contributed by atoms with Gasteiger partial charge in [0.05, 0.1) is 16.7 Å². The monoisotopic (exact) mass is 296 g/mol. The van der Waals surface area contributed by atoms with Crippen LogP contribution in [0.1, 0.15) is 20.7 Å². The fourth-order valence-corrected chi connectivity index (χ4v) is 1.84.